The van der Waals surface area contributed by atoms with Gasteiger partial charge < -0.3 is 10.2 Å². The molecule has 2 aromatic rings. The summed E-state index contributed by atoms with van der Waals surface area (Å²) >= 11 is 3.22. The van der Waals surface area contributed by atoms with E-state index in [0.29, 0.717) is 16.1 Å². The second kappa shape index (κ2) is 3.38. The second-order valence-electron chi connectivity index (χ2n) is 2.72. The lowest BCUT2D eigenvalue weighted by Crippen LogP contribution is -1.99. The first kappa shape index (κ1) is 9.14. The van der Waals surface area contributed by atoms with Gasteiger partial charge in [0.05, 0.1) is 0 Å². The topological polar surface area (TPSA) is 77.8 Å². The molecule has 2 heterocycles. The summed E-state index contributed by atoms with van der Waals surface area (Å²) in [6.07, 6.45) is 0. The van der Waals surface area contributed by atoms with E-state index < -0.39 is 0 Å². The fraction of sp³-hybridized carbons (Fsp3) is 0.125. The zero-order chi connectivity index (χ0) is 10.1. The van der Waals surface area contributed by atoms with E-state index in [-0.39, 0.29) is 5.95 Å². The summed E-state index contributed by atoms with van der Waals surface area (Å²) in [6.45, 7) is 1.86. The highest BCUT2D eigenvalue weighted by Crippen LogP contribution is 2.25. The Balaban J connectivity index is 2.55. The van der Waals surface area contributed by atoms with Crippen LogP contribution in [-0.4, -0.2) is 15.2 Å². The summed E-state index contributed by atoms with van der Waals surface area (Å²) in [6, 6.07) is 3.66. The van der Waals surface area contributed by atoms with Gasteiger partial charge in [-0.1, -0.05) is 0 Å². The Labute approximate surface area is 88.5 Å². The Morgan fingerprint density at radius 2 is 2.14 bits per heavy atom. The normalized spacial score (nSPS) is 10.4. The highest BCUT2D eigenvalue weighted by atomic mass is 79.9. The number of nitrogen functional groups attached to an aromatic ring is 1. The lowest BCUT2D eigenvalue weighted by atomic mass is 10.3. The molecule has 0 aliphatic carbocycles. The minimum absolute atomic E-state index is 0.122. The fourth-order valence-corrected chi connectivity index (χ4v) is 1.41. The molecule has 6 heteroatoms. The van der Waals surface area contributed by atoms with Crippen LogP contribution in [0.15, 0.2) is 21.2 Å². The van der Waals surface area contributed by atoms with Crippen LogP contribution in [-0.2, 0) is 0 Å². The van der Waals surface area contributed by atoms with Crippen molar-refractivity contribution in [3.8, 4) is 11.5 Å². The van der Waals surface area contributed by atoms with Crippen molar-refractivity contribution in [1.29, 1.82) is 0 Å². The van der Waals surface area contributed by atoms with Crippen molar-refractivity contribution in [2.24, 2.45) is 0 Å². The average molecular weight is 255 g/mol. The Morgan fingerprint density at radius 3 is 2.79 bits per heavy atom. The summed E-state index contributed by atoms with van der Waals surface area (Å²) in [4.78, 5) is 4.02. The van der Waals surface area contributed by atoms with E-state index in [1.165, 1.54) is 0 Å². The van der Waals surface area contributed by atoms with Gasteiger partial charge in [0.15, 0.2) is 10.4 Å². The molecule has 14 heavy (non-hydrogen) atoms. The van der Waals surface area contributed by atoms with Crippen LogP contribution >= 0.6 is 15.9 Å². The highest BCUT2D eigenvalue weighted by Gasteiger charge is 2.11. The molecular weight excluding hydrogens is 248 g/mol. The zero-order valence-corrected chi connectivity index (χ0v) is 8.95. The van der Waals surface area contributed by atoms with Crippen LogP contribution in [0.4, 0.5) is 5.95 Å². The second-order valence-corrected chi connectivity index (χ2v) is 3.47. The van der Waals surface area contributed by atoms with Gasteiger partial charge in [0.2, 0.25) is 5.95 Å². The molecule has 0 amide bonds. The third-order valence-corrected chi connectivity index (χ3v) is 2.17. The first-order chi connectivity index (χ1) is 6.66. The fourth-order valence-electron chi connectivity index (χ4n) is 1.04. The van der Waals surface area contributed by atoms with Gasteiger partial charge in [-0.2, -0.15) is 0 Å². The largest absolute Gasteiger partial charge is 0.460 e. The molecule has 0 aliphatic heterocycles. The van der Waals surface area contributed by atoms with Gasteiger partial charge in [0, 0.05) is 0 Å². The number of halogens is 1. The third-order valence-electron chi connectivity index (χ3n) is 1.64. The van der Waals surface area contributed by atoms with E-state index in [9.17, 15) is 0 Å². The van der Waals surface area contributed by atoms with Crippen LogP contribution in [0, 0.1) is 6.92 Å². The monoisotopic (exact) mass is 254 g/mol. The summed E-state index contributed by atoms with van der Waals surface area (Å²) < 4.78 is 5.90. The number of aromatic nitrogens is 3. The maximum absolute atomic E-state index is 5.42. The summed E-state index contributed by atoms with van der Waals surface area (Å²) in [7, 11) is 0. The van der Waals surface area contributed by atoms with Crippen molar-refractivity contribution in [2.75, 3.05) is 5.73 Å². The van der Waals surface area contributed by atoms with Crippen molar-refractivity contribution < 1.29 is 4.42 Å². The summed E-state index contributed by atoms with van der Waals surface area (Å²) in [5.41, 5.74) is 5.99. The first-order valence-corrected chi connectivity index (χ1v) is 4.68. The number of aryl methyl sites for hydroxylation is 1. The van der Waals surface area contributed by atoms with Crippen LogP contribution in [0.2, 0.25) is 0 Å². The zero-order valence-electron chi connectivity index (χ0n) is 7.36. The van der Waals surface area contributed by atoms with Crippen molar-refractivity contribution >= 4 is 21.9 Å². The standard InChI is InChI=1S/C8H7BrN4O/c1-4-2-3-5(14-4)6-7(9)12-13-8(10)11-6/h2-3H,1H3,(H2,10,11,13). The average Bonchev–Trinajstić information content (AvgIpc) is 2.56. The SMILES string of the molecule is Cc1ccc(-c2nc(N)nnc2Br)o1. The molecule has 5 nitrogen and oxygen atoms in total. The number of nitrogens with zero attached hydrogens (tertiary/aromatic N) is 3. The van der Waals surface area contributed by atoms with Gasteiger partial charge in [-0.05, 0) is 35.0 Å². The van der Waals surface area contributed by atoms with Crippen LogP contribution in [0.25, 0.3) is 11.5 Å². The number of furan rings is 1. The molecule has 0 radical (unpaired) electrons. The molecule has 2 N–H and O–H groups in total. The molecule has 72 valence electrons. The molecule has 0 aromatic carbocycles. The van der Waals surface area contributed by atoms with E-state index in [2.05, 4.69) is 31.1 Å². The van der Waals surface area contributed by atoms with E-state index in [1.54, 1.807) is 0 Å². The van der Waals surface area contributed by atoms with Crippen molar-refractivity contribution in [1.82, 2.24) is 15.2 Å². The van der Waals surface area contributed by atoms with Crippen LogP contribution in [0.3, 0.4) is 0 Å². The molecular formula is C8H7BrN4O. The Kier molecular flexibility index (Phi) is 2.20. The lowest BCUT2D eigenvalue weighted by Gasteiger charge is -1.98. The molecule has 2 aromatic heterocycles. The molecule has 0 saturated heterocycles. The van der Waals surface area contributed by atoms with Crippen molar-refractivity contribution in [2.45, 2.75) is 6.92 Å². The predicted molar refractivity (Wildman–Crippen MR) is 54.4 cm³/mol. The summed E-state index contributed by atoms with van der Waals surface area (Å²) in [5, 5.41) is 7.38. The van der Waals surface area contributed by atoms with Crippen LogP contribution in [0.5, 0.6) is 0 Å². The van der Waals surface area contributed by atoms with E-state index in [1.807, 2.05) is 19.1 Å². The molecule has 0 atom stereocenters. The maximum atomic E-state index is 5.42. The van der Waals surface area contributed by atoms with E-state index in [0.717, 1.165) is 5.76 Å². The van der Waals surface area contributed by atoms with Gasteiger partial charge in [-0.15, -0.1) is 10.2 Å². The molecule has 0 fully saturated rings. The first-order valence-electron chi connectivity index (χ1n) is 3.89. The van der Waals surface area contributed by atoms with Gasteiger partial charge in [0.25, 0.3) is 0 Å². The molecule has 0 aliphatic rings. The molecule has 0 bridgehead atoms. The number of nitrogens with two attached hydrogens (primary N) is 1. The summed E-state index contributed by atoms with van der Waals surface area (Å²) in [5.74, 6) is 1.55. The highest BCUT2D eigenvalue weighted by molar-refractivity contribution is 9.10. The predicted octanol–water partition coefficient (Wildman–Crippen LogP) is 1.78. The van der Waals surface area contributed by atoms with Crippen LogP contribution < -0.4 is 5.73 Å². The lowest BCUT2D eigenvalue weighted by molar-refractivity contribution is 0.545. The van der Waals surface area contributed by atoms with Gasteiger partial charge in [-0.3, -0.25) is 0 Å². The number of rotatable bonds is 1. The minimum Gasteiger partial charge on any atom is -0.460 e. The number of hydrogen-bond acceptors (Lipinski definition) is 5. The smallest absolute Gasteiger partial charge is 0.240 e. The van der Waals surface area contributed by atoms with Crippen molar-refractivity contribution in [3.63, 3.8) is 0 Å². The quantitative estimate of drug-likeness (QED) is 0.840. The van der Waals surface area contributed by atoms with E-state index >= 15 is 0 Å². The number of hydrogen-bond donors (Lipinski definition) is 1. The van der Waals surface area contributed by atoms with E-state index in [4.69, 9.17) is 10.2 Å². The molecule has 2 rings (SSSR count). The van der Waals surface area contributed by atoms with Crippen LogP contribution in [0.1, 0.15) is 5.76 Å². The third kappa shape index (κ3) is 1.60. The van der Waals surface area contributed by atoms with Gasteiger partial charge in [0.1, 0.15) is 11.5 Å². The minimum atomic E-state index is 0.122. The van der Waals surface area contributed by atoms with Crippen molar-refractivity contribution in [3.05, 3.63) is 22.5 Å². The molecule has 0 unspecified atom stereocenters. The van der Waals surface area contributed by atoms with Gasteiger partial charge >= 0.3 is 0 Å². The Hall–Kier alpha value is -1.43. The maximum Gasteiger partial charge on any atom is 0.240 e. The Bertz CT molecular complexity index is 468. The van der Waals surface area contributed by atoms with Gasteiger partial charge in [-0.25, -0.2) is 4.98 Å². The Morgan fingerprint density at radius 1 is 1.36 bits per heavy atom. The molecule has 0 saturated carbocycles. The molecule has 0 spiro atoms. The number of anilines is 1.